The largest absolute Gasteiger partial charge is 0.414 e. The van der Waals surface area contributed by atoms with Gasteiger partial charge < -0.3 is 9.84 Å². The van der Waals surface area contributed by atoms with E-state index in [1.54, 1.807) is 11.4 Å². The van der Waals surface area contributed by atoms with E-state index in [4.69, 9.17) is 9.84 Å². The summed E-state index contributed by atoms with van der Waals surface area (Å²) in [6, 6.07) is 1.68. The molecule has 0 aliphatic heterocycles. The van der Waals surface area contributed by atoms with Crippen LogP contribution in [-0.2, 0) is 11.3 Å². The Morgan fingerprint density at radius 2 is 2.24 bits per heavy atom. The third-order valence-corrected chi connectivity index (χ3v) is 2.87. The third-order valence-electron chi connectivity index (χ3n) is 1.97. The van der Waals surface area contributed by atoms with Crippen LogP contribution in [0.25, 0.3) is 0 Å². The molecule has 0 aromatic carbocycles. The maximum absolute atomic E-state index is 12.2. The lowest BCUT2D eigenvalue weighted by molar-refractivity contribution is -0.217. The molecule has 0 saturated heterocycles. The van der Waals surface area contributed by atoms with Crippen LogP contribution in [0.5, 0.6) is 0 Å². The summed E-state index contributed by atoms with van der Waals surface area (Å²) in [5, 5.41) is 10.3. The quantitative estimate of drug-likeness (QED) is 0.850. The van der Waals surface area contributed by atoms with Crippen LogP contribution in [0.1, 0.15) is 17.4 Å². The van der Waals surface area contributed by atoms with Gasteiger partial charge in [0, 0.05) is 10.4 Å². The molecule has 1 N–H and O–H groups in total. The third kappa shape index (κ3) is 4.38. The van der Waals surface area contributed by atoms with Gasteiger partial charge in [0.1, 0.15) is 6.61 Å². The molecule has 0 spiro atoms. The van der Waals surface area contributed by atoms with E-state index in [0.29, 0.717) is 10.4 Å². The molecule has 0 aliphatic carbocycles. The van der Waals surface area contributed by atoms with Crippen LogP contribution in [0.2, 0.25) is 0 Å². The van der Waals surface area contributed by atoms with Gasteiger partial charge in [-0.2, -0.15) is 13.2 Å². The Morgan fingerprint density at radius 3 is 2.82 bits per heavy atom. The molecule has 1 aromatic heterocycles. The Labute approximate surface area is 101 Å². The van der Waals surface area contributed by atoms with Crippen LogP contribution in [0, 0.1) is 11.8 Å². The van der Waals surface area contributed by atoms with Gasteiger partial charge in [-0.1, -0.05) is 11.8 Å². The average Bonchev–Trinajstić information content (AvgIpc) is 2.69. The molecular weight excluding hydrogens is 253 g/mol. The van der Waals surface area contributed by atoms with Gasteiger partial charge in [-0.25, -0.2) is 0 Å². The fourth-order valence-electron chi connectivity index (χ4n) is 0.994. The predicted molar refractivity (Wildman–Crippen MR) is 58.6 cm³/mol. The van der Waals surface area contributed by atoms with Gasteiger partial charge in [0.15, 0.2) is 6.10 Å². The number of ether oxygens (including phenoxy) is 1. The highest BCUT2D eigenvalue weighted by Gasteiger charge is 2.36. The summed E-state index contributed by atoms with van der Waals surface area (Å²) in [6.45, 7) is 0.551. The minimum absolute atomic E-state index is 0.131. The minimum Gasteiger partial charge on any atom is -0.384 e. The van der Waals surface area contributed by atoms with Crippen molar-refractivity contribution in [2.24, 2.45) is 0 Å². The van der Waals surface area contributed by atoms with Crippen LogP contribution in [0.4, 0.5) is 13.2 Å². The molecule has 1 rings (SSSR count). The second kappa shape index (κ2) is 6.05. The molecule has 17 heavy (non-hydrogen) atoms. The molecule has 0 fully saturated rings. The second-order valence-corrected chi connectivity index (χ2v) is 4.21. The number of halogens is 3. The summed E-state index contributed by atoms with van der Waals surface area (Å²) in [7, 11) is 0. The molecule has 0 saturated carbocycles. The molecule has 0 radical (unpaired) electrons. The molecule has 1 unspecified atom stereocenters. The van der Waals surface area contributed by atoms with Crippen molar-refractivity contribution in [2.75, 3.05) is 6.61 Å². The number of alkyl halides is 3. The molecule has 0 aliphatic rings. The Hall–Kier alpha value is -1.03. The highest BCUT2D eigenvalue weighted by Crippen LogP contribution is 2.25. The van der Waals surface area contributed by atoms with Crippen molar-refractivity contribution in [1.29, 1.82) is 0 Å². The van der Waals surface area contributed by atoms with Crippen molar-refractivity contribution in [2.45, 2.75) is 25.8 Å². The minimum atomic E-state index is -4.35. The zero-order valence-corrected chi connectivity index (χ0v) is 9.86. The number of aliphatic hydroxyl groups is 1. The maximum atomic E-state index is 12.2. The Kier molecular flexibility index (Phi) is 5.00. The maximum Gasteiger partial charge on any atom is 0.414 e. The standard InChI is InChI=1S/C11H11F3O2S/c1-8(11(12,13)14)16-7-10-9(3-2-5-15)4-6-17-10/h4,6,8,15H,5,7H2,1H3. The van der Waals surface area contributed by atoms with Gasteiger partial charge in [0.05, 0.1) is 6.61 Å². The van der Waals surface area contributed by atoms with E-state index in [-0.39, 0.29) is 13.2 Å². The summed E-state index contributed by atoms with van der Waals surface area (Å²) in [5.74, 6) is 5.10. The van der Waals surface area contributed by atoms with Gasteiger partial charge in [-0.15, -0.1) is 11.3 Å². The number of hydrogen-bond donors (Lipinski definition) is 1. The number of thiophene rings is 1. The van der Waals surface area contributed by atoms with E-state index in [0.717, 1.165) is 6.92 Å². The normalized spacial score (nSPS) is 13.0. The van der Waals surface area contributed by atoms with Crippen LogP contribution >= 0.6 is 11.3 Å². The molecule has 0 bridgehead atoms. The Morgan fingerprint density at radius 1 is 1.53 bits per heavy atom. The topological polar surface area (TPSA) is 29.5 Å². The highest BCUT2D eigenvalue weighted by atomic mass is 32.1. The lowest BCUT2D eigenvalue weighted by Crippen LogP contribution is -2.28. The Bertz CT molecular complexity index is 414. The van der Waals surface area contributed by atoms with Crippen LogP contribution in [-0.4, -0.2) is 24.0 Å². The first-order chi connectivity index (χ1) is 7.95. The van der Waals surface area contributed by atoms with Crippen molar-refractivity contribution in [1.82, 2.24) is 0 Å². The summed E-state index contributed by atoms with van der Waals surface area (Å²) >= 11 is 1.28. The van der Waals surface area contributed by atoms with Gasteiger partial charge in [0.25, 0.3) is 0 Å². The number of rotatable bonds is 3. The lowest BCUT2D eigenvalue weighted by atomic mass is 10.2. The smallest absolute Gasteiger partial charge is 0.384 e. The molecule has 0 amide bonds. The van der Waals surface area contributed by atoms with E-state index >= 15 is 0 Å². The first kappa shape index (κ1) is 14.0. The molecule has 1 atom stereocenters. The highest BCUT2D eigenvalue weighted by molar-refractivity contribution is 7.10. The van der Waals surface area contributed by atoms with E-state index < -0.39 is 12.3 Å². The summed E-state index contributed by atoms with van der Waals surface area (Å²) in [6.07, 6.45) is -6.16. The lowest BCUT2D eigenvalue weighted by Gasteiger charge is -2.15. The average molecular weight is 264 g/mol. The number of hydrogen-bond acceptors (Lipinski definition) is 3. The molecule has 1 aromatic rings. The monoisotopic (exact) mass is 264 g/mol. The van der Waals surface area contributed by atoms with Gasteiger partial charge >= 0.3 is 6.18 Å². The van der Waals surface area contributed by atoms with Crippen LogP contribution in [0.3, 0.4) is 0 Å². The Balaban J connectivity index is 2.61. The zero-order chi connectivity index (χ0) is 12.9. The first-order valence-electron chi connectivity index (χ1n) is 4.79. The van der Waals surface area contributed by atoms with Gasteiger partial charge in [-0.3, -0.25) is 0 Å². The SMILES string of the molecule is CC(OCc1sccc1C#CCO)C(F)(F)F. The summed E-state index contributed by atoms with van der Waals surface area (Å²) in [5.41, 5.74) is 0.596. The predicted octanol–water partition coefficient (Wildman–Crippen LogP) is 2.56. The summed E-state index contributed by atoms with van der Waals surface area (Å²) in [4.78, 5) is 0.627. The fraction of sp³-hybridized carbons (Fsp3) is 0.455. The molecule has 6 heteroatoms. The fourth-order valence-corrected chi connectivity index (χ4v) is 1.74. The summed E-state index contributed by atoms with van der Waals surface area (Å²) < 4.78 is 41.3. The second-order valence-electron chi connectivity index (χ2n) is 3.21. The van der Waals surface area contributed by atoms with E-state index in [1.165, 1.54) is 11.3 Å². The zero-order valence-electron chi connectivity index (χ0n) is 9.04. The molecule has 2 nitrogen and oxygen atoms in total. The number of aliphatic hydroxyl groups excluding tert-OH is 1. The van der Waals surface area contributed by atoms with Crippen LogP contribution in [0.15, 0.2) is 11.4 Å². The van der Waals surface area contributed by atoms with Gasteiger partial charge in [-0.05, 0) is 18.4 Å². The van der Waals surface area contributed by atoms with Crippen molar-refractivity contribution in [3.05, 3.63) is 21.9 Å². The van der Waals surface area contributed by atoms with Gasteiger partial charge in [0.2, 0.25) is 0 Å². The van der Waals surface area contributed by atoms with E-state index in [9.17, 15) is 13.2 Å². The van der Waals surface area contributed by atoms with E-state index in [1.807, 2.05) is 0 Å². The van der Waals surface area contributed by atoms with Crippen molar-refractivity contribution in [3.8, 4) is 11.8 Å². The molecule has 94 valence electrons. The molecular formula is C11H11F3O2S. The van der Waals surface area contributed by atoms with Crippen molar-refractivity contribution < 1.29 is 23.0 Å². The van der Waals surface area contributed by atoms with Crippen molar-refractivity contribution in [3.63, 3.8) is 0 Å². The first-order valence-corrected chi connectivity index (χ1v) is 5.67. The van der Waals surface area contributed by atoms with E-state index in [2.05, 4.69) is 11.8 Å². The molecule has 1 heterocycles. The van der Waals surface area contributed by atoms with Crippen molar-refractivity contribution >= 4 is 11.3 Å². The van der Waals surface area contributed by atoms with Crippen LogP contribution < -0.4 is 0 Å².